The minimum absolute atomic E-state index is 0.0386. The maximum atomic E-state index is 12.2. The maximum Gasteiger partial charge on any atom is 0.338 e. The van der Waals surface area contributed by atoms with E-state index >= 15 is 0 Å². The number of aryl methyl sites for hydroxylation is 1. The Morgan fingerprint density at radius 1 is 1.12 bits per heavy atom. The molecule has 1 saturated heterocycles. The lowest BCUT2D eigenvalue weighted by Gasteiger charge is -2.11. The summed E-state index contributed by atoms with van der Waals surface area (Å²) < 4.78 is 21.5. The number of amides is 1. The Bertz CT molecular complexity index is 1190. The fraction of sp³-hybridized carbons (Fsp3) is 0.320. The fourth-order valence-corrected chi connectivity index (χ4v) is 3.60. The van der Waals surface area contributed by atoms with Gasteiger partial charge in [-0.1, -0.05) is 12.1 Å². The summed E-state index contributed by atoms with van der Waals surface area (Å²) >= 11 is 0. The number of ether oxygens (including phenoxy) is 3. The van der Waals surface area contributed by atoms with Crippen molar-refractivity contribution in [2.45, 2.75) is 32.5 Å². The standard InChI is InChI=1S/C25H25NO7/c1-16-11-24(28)33-22-12-19(8-9-21(16)22)31-14-17-4-6-18(7-5-17)25(29)32-15-23(27)26-13-20-3-2-10-30-20/h4-9,11-12,20H,2-3,10,13-15H2,1H3,(H,26,27). The Hall–Kier alpha value is -3.65. The highest BCUT2D eigenvalue weighted by molar-refractivity contribution is 5.91. The summed E-state index contributed by atoms with van der Waals surface area (Å²) in [6.45, 7) is 2.92. The van der Waals surface area contributed by atoms with Crippen LogP contribution in [0.15, 0.2) is 57.7 Å². The molecular formula is C25H25NO7. The van der Waals surface area contributed by atoms with Gasteiger partial charge in [-0.05, 0) is 55.2 Å². The van der Waals surface area contributed by atoms with Crippen molar-refractivity contribution in [2.24, 2.45) is 0 Å². The Labute approximate surface area is 190 Å². The second kappa shape index (κ2) is 10.3. The quantitative estimate of drug-likeness (QED) is 0.414. The van der Waals surface area contributed by atoms with Gasteiger partial charge >= 0.3 is 11.6 Å². The molecule has 0 radical (unpaired) electrons. The van der Waals surface area contributed by atoms with Crippen LogP contribution >= 0.6 is 0 Å². The molecule has 2 heterocycles. The van der Waals surface area contributed by atoms with Gasteiger partial charge in [0.15, 0.2) is 6.61 Å². The molecule has 0 bridgehead atoms. The summed E-state index contributed by atoms with van der Waals surface area (Å²) in [6, 6.07) is 13.5. The van der Waals surface area contributed by atoms with Crippen LogP contribution in [0.25, 0.3) is 11.0 Å². The molecule has 2 aromatic carbocycles. The van der Waals surface area contributed by atoms with Crippen LogP contribution in [-0.2, 0) is 20.9 Å². The molecule has 8 heteroatoms. The number of fused-ring (bicyclic) bond motifs is 1. The normalized spacial score (nSPS) is 15.4. The number of nitrogens with one attached hydrogen (secondary N) is 1. The van der Waals surface area contributed by atoms with Gasteiger partial charge in [0.05, 0.1) is 11.7 Å². The SMILES string of the molecule is Cc1cc(=O)oc2cc(OCc3ccc(C(=O)OCC(=O)NCC4CCCO4)cc3)ccc12. The fourth-order valence-electron chi connectivity index (χ4n) is 3.60. The van der Waals surface area contributed by atoms with Crippen LogP contribution in [0.2, 0.25) is 0 Å². The number of esters is 1. The Balaban J connectivity index is 1.26. The highest BCUT2D eigenvalue weighted by Gasteiger charge is 2.17. The Kier molecular flexibility index (Phi) is 7.04. The molecule has 4 rings (SSSR count). The first kappa shape index (κ1) is 22.5. The molecule has 172 valence electrons. The molecule has 1 unspecified atom stereocenters. The van der Waals surface area contributed by atoms with E-state index in [4.69, 9.17) is 18.6 Å². The van der Waals surface area contributed by atoms with E-state index in [2.05, 4.69) is 5.32 Å². The highest BCUT2D eigenvalue weighted by Crippen LogP contribution is 2.23. The third-order valence-electron chi connectivity index (χ3n) is 5.40. The molecule has 1 aromatic heterocycles. The predicted molar refractivity (Wildman–Crippen MR) is 120 cm³/mol. The van der Waals surface area contributed by atoms with Crippen LogP contribution in [0.5, 0.6) is 5.75 Å². The smallest absolute Gasteiger partial charge is 0.338 e. The Morgan fingerprint density at radius 2 is 1.94 bits per heavy atom. The third kappa shape index (κ3) is 5.98. The topological polar surface area (TPSA) is 104 Å². The molecule has 1 amide bonds. The third-order valence-corrected chi connectivity index (χ3v) is 5.40. The molecule has 3 aromatic rings. The van der Waals surface area contributed by atoms with Gasteiger partial charge in [0.25, 0.3) is 5.91 Å². The predicted octanol–water partition coefficient (Wildman–Crippen LogP) is 3.13. The number of carbonyl (C=O) groups is 2. The molecule has 0 spiro atoms. The van der Waals surface area contributed by atoms with Crippen molar-refractivity contribution in [3.63, 3.8) is 0 Å². The zero-order valence-corrected chi connectivity index (χ0v) is 18.3. The zero-order valence-electron chi connectivity index (χ0n) is 18.3. The molecule has 8 nitrogen and oxygen atoms in total. The number of benzene rings is 2. The first-order valence-electron chi connectivity index (χ1n) is 10.8. The van der Waals surface area contributed by atoms with Crippen LogP contribution < -0.4 is 15.7 Å². The lowest BCUT2D eigenvalue weighted by molar-refractivity contribution is -0.124. The van der Waals surface area contributed by atoms with E-state index in [9.17, 15) is 14.4 Å². The van der Waals surface area contributed by atoms with Gasteiger partial charge in [0.1, 0.15) is 17.9 Å². The molecule has 0 aliphatic carbocycles. The van der Waals surface area contributed by atoms with Gasteiger partial charge in [0.2, 0.25) is 0 Å². The van der Waals surface area contributed by atoms with Crippen LogP contribution in [0.3, 0.4) is 0 Å². The minimum atomic E-state index is -0.574. The monoisotopic (exact) mass is 451 g/mol. The summed E-state index contributed by atoms with van der Waals surface area (Å²) in [5.41, 5.74) is 2.09. The summed E-state index contributed by atoms with van der Waals surface area (Å²) in [4.78, 5) is 35.6. The van der Waals surface area contributed by atoms with Crippen molar-refractivity contribution in [2.75, 3.05) is 19.8 Å². The first-order chi connectivity index (χ1) is 16.0. The van der Waals surface area contributed by atoms with Crippen LogP contribution in [-0.4, -0.2) is 37.7 Å². The summed E-state index contributed by atoms with van der Waals surface area (Å²) in [5, 5.41) is 3.56. The minimum Gasteiger partial charge on any atom is -0.489 e. The molecule has 1 aliphatic rings. The van der Waals surface area contributed by atoms with Crippen molar-refractivity contribution in [1.82, 2.24) is 5.32 Å². The lowest BCUT2D eigenvalue weighted by Crippen LogP contribution is -2.34. The molecule has 1 aliphatic heterocycles. The molecule has 1 atom stereocenters. The van der Waals surface area contributed by atoms with Crippen LogP contribution in [0, 0.1) is 6.92 Å². The van der Waals surface area contributed by atoms with Gasteiger partial charge in [-0.2, -0.15) is 0 Å². The Morgan fingerprint density at radius 3 is 2.70 bits per heavy atom. The number of hydrogen-bond acceptors (Lipinski definition) is 7. The molecular weight excluding hydrogens is 426 g/mol. The summed E-state index contributed by atoms with van der Waals surface area (Å²) in [6.07, 6.45) is 1.96. The van der Waals surface area contributed by atoms with E-state index in [1.165, 1.54) is 6.07 Å². The van der Waals surface area contributed by atoms with Crippen molar-refractivity contribution in [3.8, 4) is 5.75 Å². The average molecular weight is 451 g/mol. The second-order valence-electron chi connectivity index (χ2n) is 7.91. The highest BCUT2D eigenvalue weighted by atomic mass is 16.5. The van der Waals surface area contributed by atoms with E-state index in [1.807, 2.05) is 19.1 Å². The number of carbonyl (C=O) groups excluding carboxylic acids is 2. The summed E-state index contributed by atoms with van der Waals surface area (Å²) in [5.74, 6) is -0.367. The molecule has 1 N–H and O–H groups in total. The van der Waals surface area contributed by atoms with Crippen molar-refractivity contribution in [3.05, 3.63) is 75.6 Å². The second-order valence-corrected chi connectivity index (χ2v) is 7.91. The van der Waals surface area contributed by atoms with Gasteiger partial charge in [-0.25, -0.2) is 9.59 Å². The van der Waals surface area contributed by atoms with Crippen molar-refractivity contribution < 1.29 is 28.2 Å². The zero-order chi connectivity index (χ0) is 23.2. The lowest BCUT2D eigenvalue weighted by atomic mass is 10.1. The van der Waals surface area contributed by atoms with E-state index in [1.54, 1.807) is 30.3 Å². The van der Waals surface area contributed by atoms with E-state index in [-0.39, 0.29) is 25.2 Å². The van der Waals surface area contributed by atoms with Gasteiger partial charge < -0.3 is 23.9 Å². The van der Waals surface area contributed by atoms with Crippen molar-refractivity contribution >= 4 is 22.8 Å². The van der Waals surface area contributed by atoms with Gasteiger partial charge in [0, 0.05) is 30.7 Å². The van der Waals surface area contributed by atoms with Crippen molar-refractivity contribution in [1.29, 1.82) is 0 Å². The summed E-state index contributed by atoms with van der Waals surface area (Å²) in [7, 11) is 0. The maximum absolute atomic E-state index is 12.2. The number of hydrogen-bond donors (Lipinski definition) is 1. The first-order valence-corrected chi connectivity index (χ1v) is 10.8. The average Bonchev–Trinajstić information content (AvgIpc) is 3.33. The molecule has 0 saturated carbocycles. The van der Waals surface area contributed by atoms with Crippen LogP contribution in [0.1, 0.15) is 34.3 Å². The van der Waals surface area contributed by atoms with E-state index in [0.29, 0.717) is 23.4 Å². The molecule has 1 fully saturated rings. The van der Waals surface area contributed by atoms with E-state index in [0.717, 1.165) is 36.0 Å². The van der Waals surface area contributed by atoms with Gasteiger partial charge in [-0.15, -0.1) is 0 Å². The number of rotatable bonds is 8. The van der Waals surface area contributed by atoms with E-state index < -0.39 is 11.6 Å². The van der Waals surface area contributed by atoms with Gasteiger partial charge in [-0.3, -0.25) is 4.79 Å². The molecule has 33 heavy (non-hydrogen) atoms. The van der Waals surface area contributed by atoms with Crippen LogP contribution in [0.4, 0.5) is 0 Å². The largest absolute Gasteiger partial charge is 0.489 e.